The Morgan fingerprint density at radius 1 is 1.36 bits per heavy atom. The summed E-state index contributed by atoms with van der Waals surface area (Å²) >= 11 is 0. The highest BCUT2D eigenvalue weighted by Crippen LogP contribution is 2.01. The first-order chi connectivity index (χ1) is 6.40. The van der Waals surface area contributed by atoms with Crippen LogP contribution < -0.4 is 16.4 Å². The lowest BCUT2D eigenvalue weighted by Crippen LogP contribution is -2.53. The second-order valence-electron chi connectivity index (χ2n) is 3.74. The second kappa shape index (κ2) is 5.59. The number of carbonyl (C=O) groups excluding carboxylic acids is 2. The summed E-state index contributed by atoms with van der Waals surface area (Å²) < 4.78 is 0. The van der Waals surface area contributed by atoms with E-state index in [2.05, 4.69) is 10.6 Å². The van der Waals surface area contributed by atoms with Crippen LogP contribution in [-0.4, -0.2) is 30.9 Å². The molecule has 0 spiro atoms. The fourth-order valence-corrected chi connectivity index (χ4v) is 0.898. The van der Waals surface area contributed by atoms with Gasteiger partial charge in [0.05, 0.1) is 0 Å². The van der Waals surface area contributed by atoms with Crippen molar-refractivity contribution in [2.75, 3.05) is 13.6 Å². The van der Waals surface area contributed by atoms with Crippen molar-refractivity contribution in [3.8, 4) is 0 Å². The Kier molecular flexibility index (Phi) is 5.15. The number of nitrogens with two attached hydrogens (primary N) is 1. The van der Waals surface area contributed by atoms with Gasteiger partial charge < -0.3 is 16.4 Å². The Labute approximate surface area is 84.4 Å². The molecule has 0 fully saturated rings. The number of nitrogens with one attached hydrogen (secondary N) is 2. The fraction of sp³-hybridized carbons (Fsp3) is 0.778. The molecule has 5 nitrogen and oxygen atoms in total. The van der Waals surface area contributed by atoms with Crippen LogP contribution in [0.1, 0.15) is 26.7 Å². The summed E-state index contributed by atoms with van der Waals surface area (Å²) in [5.41, 5.74) is 4.15. The van der Waals surface area contributed by atoms with Gasteiger partial charge in [-0.05, 0) is 33.9 Å². The van der Waals surface area contributed by atoms with Gasteiger partial charge in [0.2, 0.25) is 11.8 Å². The molecule has 0 atom stereocenters. The Morgan fingerprint density at radius 2 is 1.93 bits per heavy atom. The molecule has 5 heteroatoms. The summed E-state index contributed by atoms with van der Waals surface area (Å²) in [6.07, 6.45) is 1.15. The Hall–Kier alpha value is -1.10. The predicted octanol–water partition coefficient (Wildman–Crippen LogP) is -0.634. The van der Waals surface area contributed by atoms with E-state index in [0.717, 1.165) is 13.0 Å². The molecule has 0 aromatic heterocycles. The first kappa shape index (κ1) is 12.9. The van der Waals surface area contributed by atoms with Crippen LogP contribution in [0.5, 0.6) is 0 Å². The third-order valence-corrected chi connectivity index (χ3v) is 1.90. The van der Waals surface area contributed by atoms with Crippen LogP contribution >= 0.6 is 0 Å². The lowest BCUT2D eigenvalue weighted by molar-refractivity contribution is -0.130. The van der Waals surface area contributed by atoms with Crippen molar-refractivity contribution in [1.29, 1.82) is 0 Å². The van der Waals surface area contributed by atoms with Gasteiger partial charge in [0.25, 0.3) is 0 Å². The molecule has 0 rings (SSSR count). The number of amides is 2. The van der Waals surface area contributed by atoms with Gasteiger partial charge in [0.1, 0.15) is 5.54 Å². The van der Waals surface area contributed by atoms with Crippen molar-refractivity contribution in [1.82, 2.24) is 10.6 Å². The number of rotatable bonds is 6. The van der Waals surface area contributed by atoms with E-state index in [4.69, 9.17) is 5.73 Å². The van der Waals surface area contributed by atoms with Gasteiger partial charge in [-0.25, -0.2) is 0 Å². The molecule has 0 aliphatic rings. The van der Waals surface area contributed by atoms with E-state index in [-0.39, 0.29) is 5.91 Å². The summed E-state index contributed by atoms with van der Waals surface area (Å²) in [6, 6.07) is 0. The minimum Gasteiger partial charge on any atom is -0.368 e. The van der Waals surface area contributed by atoms with Crippen LogP contribution in [0.25, 0.3) is 0 Å². The molecule has 0 saturated carbocycles. The summed E-state index contributed by atoms with van der Waals surface area (Å²) in [5.74, 6) is -0.677. The minimum atomic E-state index is -0.962. The largest absolute Gasteiger partial charge is 0.368 e. The van der Waals surface area contributed by atoms with Crippen LogP contribution in [0, 0.1) is 0 Å². The maximum Gasteiger partial charge on any atom is 0.242 e. The number of primary amides is 1. The molecule has 0 radical (unpaired) electrons. The topological polar surface area (TPSA) is 84.2 Å². The number of hydrogen-bond donors (Lipinski definition) is 3. The number of hydrogen-bond acceptors (Lipinski definition) is 3. The summed E-state index contributed by atoms with van der Waals surface area (Å²) in [4.78, 5) is 22.2. The summed E-state index contributed by atoms with van der Waals surface area (Å²) in [6.45, 7) is 3.96. The molecule has 0 heterocycles. The molecule has 0 unspecified atom stereocenters. The first-order valence-corrected chi connectivity index (χ1v) is 4.65. The van der Waals surface area contributed by atoms with Crippen LogP contribution in [0.2, 0.25) is 0 Å². The van der Waals surface area contributed by atoms with Gasteiger partial charge in [-0.3, -0.25) is 9.59 Å². The lowest BCUT2D eigenvalue weighted by Gasteiger charge is -2.22. The van der Waals surface area contributed by atoms with Crippen molar-refractivity contribution in [2.24, 2.45) is 5.73 Å². The Bertz CT molecular complexity index is 214. The average molecular weight is 201 g/mol. The normalized spacial score (nSPS) is 11.1. The van der Waals surface area contributed by atoms with Gasteiger partial charge in [-0.15, -0.1) is 0 Å². The van der Waals surface area contributed by atoms with Gasteiger partial charge in [0.15, 0.2) is 0 Å². The zero-order chi connectivity index (χ0) is 11.2. The lowest BCUT2D eigenvalue weighted by atomic mass is 10.0. The zero-order valence-electron chi connectivity index (χ0n) is 9.02. The maximum atomic E-state index is 11.3. The second-order valence-corrected chi connectivity index (χ2v) is 3.74. The molecule has 2 amide bonds. The van der Waals surface area contributed by atoms with E-state index in [1.165, 1.54) is 0 Å². The minimum absolute atomic E-state index is 0.149. The molecular weight excluding hydrogens is 182 g/mol. The summed E-state index contributed by atoms with van der Waals surface area (Å²) in [7, 11) is 1.82. The van der Waals surface area contributed by atoms with Crippen LogP contribution in [0.4, 0.5) is 0 Å². The standard InChI is InChI=1S/C9H19N3O2/c1-9(2,8(10)14)12-7(13)5-4-6-11-3/h11H,4-6H2,1-3H3,(H2,10,14)(H,12,13). The molecule has 0 bridgehead atoms. The van der Waals surface area contributed by atoms with Crippen molar-refractivity contribution < 1.29 is 9.59 Å². The van der Waals surface area contributed by atoms with Crippen LogP contribution in [0.15, 0.2) is 0 Å². The van der Waals surface area contributed by atoms with Gasteiger partial charge in [-0.2, -0.15) is 0 Å². The molecule has 82 valence electrons. The van der Waals surface area contributed by atoms with E-state index >= 15 is 0 Å². The molecule has 0 saturated heterocycles. The molecule has 0 aromatic rings. The third-order valence-electron chi connectivity index (χ3n) is 1.90. The maximum absolute atomic E-state index is 11.3. The molecule has 4 N–H and O–H groups in total. The fourth-order valence-electron chi connectivity index (χ4n) is 0.898. The van der Waals surface area contributed by atoms with Gasteiger partial charge >= 0.3 is 0 Å². The molecule has 14 heavy (non-hydrogen) atoms. The van der Waals surface area contributed by atoms with E-state index in [9.17, 15) is 9.59 Å². The highest BCUT2D eigenvalue weighted by Gasteiger charge is 2.26. The van der Waals surface area contributed by atoms with E-state index in [0.29, 0.717) is 6.42 Å². The van der Waals surface area contributed by atoms with Gasteiger partial charge in [-0.1, -0.05) is 0 Å². The van der Waals surface area contributed by atoms with Crippen molar-refractivity contribution >= 4 is 11.8 Å². The highest BCUT2D eigenvalue weighted by atomic mass is 16.2. The van der Waals surface area contributed by atoms with E-state index in [1.54, 1.807) is 13.8 Å². The number of carbonyl (C=O) groups is 2. The highest BCUT2D eigenvalue weighted by molar-refractivity contribution is 5.89. The SMILES string of the molecule is CNCCCC(=O)NC(C)(C)C(N)=O. The summed E-state index contributed by atoms with van der Waals surface area (Å²) in [5, 5.41) is 5.51. The van der Waals surface area contributed by atoms with Crippen LogP contribution in [-0.2, 0) is 9.59 Å². The van der Waals surface area contributed by atoms with Gasteiger partial charge in [0, 0.05) is 6.42 Å². The molecule has 0 aromatic carbocycles. The van der Waals surface area contributed by atoms with Crippen LogP contribution in [0.3, 0.4) is 0 Å². The Morgan fingerprint density at radius 3 is 2.36 bits per heavy atom. The quantitative estimate of drug-likeness (QED) is 0.500. The third kappa shape index (κ3) is 4.81. The smallest absolute Gasteiger partial charge is 0.242 e. The van der Waals surface area contributed by atoms with Crippen molar-refractivity contribution in [2.45, 2.75) is 32.2 Å². The first-order valence-electron chi connectivity index (χ1n) is 4.65. The van der Waals surface area contributed by atoms with E-state index in [1.807, 2.05) is 7.05 Å². The van der Waals surface area contributed by atoms with E-state index < -0.39 is 11.4 Å². The average Bonchev–Trinajstić information content (AvgIpc) is 2.03. The molecular formula is C9H19N3O2. The van der Waals surface area contributed by atoms with Crippen molar-refractivity contribution in [3.63, 3.8) is 0 Å². The predicted molar refractivity (Wildman–Crippen MR) is 54.6 cm³/mol. The monoisotopic (exact) mass is 201 g/mol. The Balaban J connectivity index is 3.88. The molecule has 0 aliphatic carbocycles. The molecule has 0 aliphatic heterocycles. The van der Waals surface area contributed by atoms with Crippen molar-refractivity contribution in [3.05, 3.63) is 0 Å². The zero-order valence-corrected chi connectivity index (χ0v) is 9.02.